The number of nitrogens with zero attached hydrogens (tertiary/aromatic N) is 4. The molecule has 0 amide bonds. The molecule has 0 unspecified atom stereocenters. The number of hydrogen-bond acceptors (Lipinski definition) is 4. The smallest absolute Gasteiger partial charge is 0.269 e. The average Bonchev–Trinajstić information content (AvgIpc) is 2.70. The van der Waals surface area contributed by atoms with Gasteiger partial charge in [-0.3, -0.25) is 20.0 Å². The maximum absolute atomic E-state index is 10.9. The second-order valence-electron chi connectivity index (χ2n) is 6.58. The summed E-state index contributed by atoms with van der Waals surface area (Å²) in [5.74, 6) is 0.834. The highest BCUT2D eigenvalue weighted by Crippen LogP contribution is 2.13. The zero-order valence-corrected chi connectivity index (χ0v) is 18.3. The number of aliphatic imine (C=N–C) groups is 1. The van der Waals surface area contributed by atoms with Crippen LogP contribution in [0, 0.1) is 10.1 Å². The number of non-ortho nitro benzene ring substituents is 1. The third-order valence-corrected chi connectivity index (χ3v) is 4.70. The van der Waals surface area contributed by atoms with Crippen LogP contribution in [0.2, 0.25) is 0 Å². The maximum Gasteiger partial charge on any atom is 0.269 e. The van der Waals surface area contributed by atoms with Gasteiger partial charge in [0.05, 0.1) is 4.92 Å². The van der Waals surface area contributed by atoms with Crippen molar-refractivity contribution in [2.24, 2.45) is 4.99 Å². The molecule has 2 aromatic rings. The molecule has 1 aliphatic rings. The monoisotopic (exact) mass is 495 g/mol. The molecule has 1 saturated heterocycles. The lowest BCUT2D eigenvalue weighted by Gasteiger charge is -2.36. The Morgan fingerprint density at radius 3 is 2.39 bits per heavy atom. The van der Waals surface area contributed by atoms with Crippen LogP contribution in [-0.4, -0.2) is 53.9 Å². The van der Waals surface area contributed by atoms with Crippen molar-refractivity contribution in [3.05, 3.63) is 75.8 Å². The minimum Gasteiger partial charge on any atom is -0.352 e. The normalized spacial score (nSPS) is 15.0. The first-order chi connectivity index (χ1) is 13.2. The number of piperazine rings is 1. The standard InChI is InChI=1S/C20H25N5O2.HI/c1-21-20(22-15-18-8-5-9-19(14-18)25(26)27)24-12-10-23(11-13-24)16-17-6-3-2-4-7-17;/h2-9,14H,10-13,15-16H2,1H3,(H,21,22);1H. The Balaban J connectivity index is 0.00000280. The fraction of sp³-hybridized carbons (Fsp3) is 0.350. The molecule has 7 nitrogen and oxygen atoms in total. The van der Waals surface area contributed by atoms with Crippen LogP contribution in [-0.2, 0) is 13.1 Å². The van der Waals surface area contributed by atoms with Gasteiger partial charge in [-0.25, -0.2) is 0 Å². The molecule has 0 aliphatic carbocycles. The van der Waals surface area contributed by atoms with Gasteiger partial charge in [-0.1, -0.05) is 42.5 Å². The number of guanidine groups is 1. The van der Waals surface area contributed by atoms with E-state index < -0.39 is 0 Å². The Hall–Kier alpha value is -2.20. The number of benzene rings is 2. The lowest BCUT2D eigenvalue weighted by Crippen LogP contribution is -2.52. The van der Waals surface area contributed by atoms with E-state index in [1.165, 1.54) is 11.6 Å². The van der Waals surface area contributed by atoms with Gasteiger partial charge in [-0.2, -0.15) is 0 Å². The lowest BCUT2D eigenvalue weighted by molar-refractivity contribution is -0.384. The molecule has 8 heteroatoms. The van der Waals surface area contributed by atoms with Crippen molar-refractivity contribution in [1.82, 2.24) is 15.1 Å². The van der Waals surface area contributed by atoms with E-state index >= 15 is 0 Å². The predicted octanol–water partition coefficient (Wildman–Crippen LogP) is 3.11. The minimum absolute atomic E-state index is 0. The molecule has 0 saturated carbocycles. The largest absolute Gasteiger partial charge is 0.352 e. The Labute approximate surface area is 182 Å². The van der Waals surface area contributed by atoms with Gasteiger partial charge in [0.25, 0.3) is 5.69 Å². The molecule has 0 radical (unpaired) electrons. The first kappa shape index (κ1) is 22.1. The van der Waals surface area contributed by atoms with E-state index in [4.69, 9.17) is 0 Å². The minimum atomic E-state index is -0.371. The highest BCUT2D eigenvalue weighted by atomic mass is 127. The fourth-order valence-corrected chi connectivity index (χ4v) is 3.25. The van der Waals surface area contributed by atoms with Crippen LogP contribution in [0.5, 0.6) is 0 Å². The zero-order chi connectivity index (χ0) is 19.1. The van der Waals surface area contributed by atoms with E-state index in [9.17, 15) is 10.1 Å². The van der Waals surface area contributed by atoms with Gasteiger partial charge < -0.3 is 10.2 Å². The van der Waals surface area contributed by atoms with Crippen LogP contribution >= 0.6 is 24.0 Å². The van der Waals surface area contributed by atoms with Gasteiger partial charge in [-0.15, -0.1) is 24.0 Å². The molecule has 28 heavy (non-hydrogen) atoms. The number of halogens is 1. The number of nitro benzene ring substituents is 1. The van der Waals surface area contributed by atoms with Crippen molar-refractivity contribution in [2.75, 3.05) is 33.2 Å². The van der Waals surface area contributed by atoms with E-state index in [-0.39, 0.29) is 34.6 Å². The van der Waals surface area contributed by atoms with Crippen molar-refractivity contribution in [1.29, 1.82) is 0 Å². The van der Waals surface area contributed by atoms with Crippen molar-refractivity contribution in [3.8, 4) is 0 Å². The molecule has 1 N–H and O–H groups in total. The summed E-state index contributed by atoms with van der Waals surface area (Å²) >= 11 is 0. The van der Waals surface area contributed by atoms with Crippen molar-refractivity contribution < 1.29 is 4.92 Å². The van der Waals surface area contributed by atoms with Crippen LogP contribution in [0.15, 0.2) is 59.6 Å². The summed E-state index contributed by atoms with van der Waals surface area (Å²) in [5.41, 5.74) is 2.31. The van der Waals surface area contributed by atoms with Gasteiger partial charge in [0, 0.05) is 58.4 Å². The third kappa shape index (κ3) is 6.16. The predicted molar refractivity (Wildman–Crippen MR) is 122 cm³/mol. The first-order valence-corrected chi connectivity index (χ1v) is 9.11. The molecule has 0 atom stereocenters. The summed E-state index contributed by atoms with van der Waals surface area (Å²) in [5, 5.41) is 14.2. The molecule has 0 spiro atoms. The second-order valence-corrected chi connectivity index (χ2v) is 6.58. The summed E-state index contributed by atoms with van der Waals surface area (Å²) in [6, 6.07) is 17.2. The molecule has 1 heterocycles. The SMILES string of the molecule is CN=C(NCc1cccc([N+](=O)[O-])c1)N1CCN(Cc2ccccc2)CC1.I. The topological polar surface area (TPSA) is 74.0 Å². The van der Waals surface area contributed by atoms with E-state index in [1.807, 2.05) is 12.1 Å². The quantitative estimate of drug-likeness (QED) is 0.227. The molecule has 0 bridgehead atoms. The van der Waals surface area contributed by atoms with Gasteiger partial charge in [0.15, 0.2) is 5.96 Å². The Kier molecular flexibility index (Phi) is 8.65. The zero-order valence-electron chi connectivity index (χ0n) is 16.0. The molecule has 0 aromatic heterocycles. The number of hydrogen-bond donors (Lipinski definition) is 1. The summed E-state index contributed by atoms with van der Waals surface area (Å²) in [4.78, 5) is 19.6. The average molecular weight is 495 g/mol. The Morgan fingerprint density at radius 2 is 1.75 bits per heavy atom. The van der Waals surface area contributed by atoms with Crippen LogP contribution in [0.4, 0.5) is 5.69 Å². The van der Waals surface area contributed by atoms with Gasteiger partial charge in [0.2, 0.25) is 0 Å². The molecule has 1 aliphatic heterocycles. The van der Waals surface area contributed by atoms with Crippen LogP contribution < -0.4 is 5.32 Å². The van der Waals surface area contributed by atoms with E-state index in [0.717, 1.165) is 44.2 Å². The van der Waals surface area contributed by atoms with Crippen LogP contribution in [0.3, 0.4) is 0 Å². The maximum atomic E-state index is 10.9. The van der Waals surface area contributed by atoms with E-state index in [2.05, 4.69) is 44.4 Å². The molecular weight excluding hydrogens is 469 g/mol. The third-order valence-electron chi connectivity index (χ3n) is 4.70. The van der Waals surface area contributed by atoms with Crippen molar-refractivity contribution in [2.45, 2.75) is 13.1 Å². The van der Waals surface area contributed by atoms with Gasteiger partial charge >= 0.3 is 0 Å². The molecular formula is C20H26IN5O2. The van der Waals surface area contributed by atoms with Crippen LogP contribution in [0.25, 0.3) is 0 Å². The van der Waals surface area contributed by atoms with E-state index in [1.54, 1.807) is 19.2 Å². The molecule has 2 aromatic carbocycles. The van der Waals surface area contributed by atoms with Crippen molar-refractivity contribution in [3.63, 3.8) is 0 Å². The number of nitro groups is 1. The second kappa shape index (κ2) is 11.0. The molecule has 1 fully saturated rings. The summed E-state index contributed by atoms with van der Waals surface area (Å²) in [6.45, 7) is 5.24. The highest BCUT2D eigenvalue weighted by molar-refractivity contribution is 14.0. The first-order valence-electron chi connectivity index (χ1n) is 9.11. The van der Waals surface area contributed by atoms with Crippen LogP contribution in [0.1, 0.15) is 11.1 Å². The summed E-state index contributed by atoms with van der Waals surface area (Å²) in [7, 11) is 1.77. The number of nitrogens with one attached hydrogen (secondary N) is 1. The number of rotatable bonds is 5. The summed E-state index contributed by atoms with van der Waals surface area (Å²) in [6.07, 6.45) is 0. The van der Waals surface area contributed by atoms with Gasteiger partial charge in [0.1, 0.15) is 0 Å². The molecule has 150 valence electrons. The summed E-state index contributed by atoms with van der Waals surface area (Å²) < 4.78 is 0. The van der Waals surface area contributed by atoms with Crippen molar-refractivity contribution >= 4 is 35.6 Å². The van der Waals surface area contributed by atoms with Gasteiger partial charge in [-0.05, 0) is 11.1 Å². The fourth-order valence-electron chi connectivity index (χ4n) is 3.25. The van der Waals surface area contributed by atoms with E-state index in [0.29, 0.717) is 6.54 Å². The molecule has 3 rings (SSSR count). The Morgan fingerprint density at radius 1 is 1.07 bits per heavy atom. The lowest BCUT2D eigenvalue weighted by atomic mass is 10.2. The highest BCUT2D eigenvalue weighted by Gasteiger charge is 2.19. The Bertz CT molecular complexity index is 792.